The Hall–Kier alpha value is -2.87. The standard InChI is InChI=1S/C25H35N5O3/c1-25(2,3)33-24(32)26-16-20-11-7-8-14-29(20)17-23(31)27-22-15-21(18-12-13-18)28-30(22)19-9-5-4-6-10-19/h4-6,9-10,15,18,20H,7-8,11-14,16-17H2,1-3H3,(H,26,32)(H,27,31). The fourth-order valence-corrected chi connectivity index (χ4v) is 4.21. The lowest BCUT2D eigenvalue weighted by Crippen LogP contribution is -2.49. The lowest BCUT2D eigenvalue weighted by atomic mass is 10.0. The molecule has 1 aliphatic heterocycles. The highest BCUT2D eigenvalue weighted by Gasteiger charge is 2.29. The Balaban J connectivity index is 1.39. The molecular formula is C25H35N5O3. The summed E-state index contributed by atoms with van der Waals surface area (Å²) in [4.78, 5) is 27.2. The molecule has 2 heterocycles. The number of carbonyl (C=O) groups is 2. The predicted octanol–water partition coefficient (Wildman–Crippen LogP) is 4.07. The maximum absolute atomic E-state index is 13.0. The van der Waals surface area contributed by atoms with Gasteiger partial charge in [0.25, 0.3) is 0 Å². The third-order valence-electron chi connectivity index (χ3n) is 5.97. The molecule has 2 aromatic rings. The molecule has 1 aromatic carbocycles. The largest absolute Gasteiger partial charge is 0.444 e. The molecule has 1 aliphatic carbocycles. The molecule has 8 heteroatoms. The van der Waals surface area contributed by atoms with Crippen LogP contribution in [0.3, 0.4) is 0 Å². The van der Waals surface area contributed by atoms with Crippen LogP contribution in [-0.2, 0) is 9.53 Å². The average Bonchev–Trinajstić information content (AvgIpc) is 3.53. The van der Waals surface area contributed by atoms with Gasteiger partial charge in [-0.2, -0.15) is 5.10 Å². The van der Waals surface area contributed by atoms with Gasteiger partial charge in [0.1, 0.15) is 11.4 Å². The monoisotopic (exact) mass is 453 g/mol. The SMILES string of the molecule is CC(C)(C)OC(=O)NCC1CCCCN1CC(=O)Nc1cc(C2CC2)nn1-c1ccccc1. The second kappa shape index (κ2) is 9.95. The van der Waals surface area contributed by atoms with E-state index in [9.17, 15) is 9.59 Å². The molecule has 1 atom stereocenters. The summed E-state index contributed by atoms with van der Waals surface area (Å²) < 4.78 is 7.17. The van der Waals surface area contributed by atoms with E-state index < -0.39 is 11.7 Å². The van der Waals surface area contributed by atoms with Gasteiger partial charge in [0.05, 0.1) is 17.9 Å². The number of piperidine rings is 1. The van der Waals surface area contributed by atoms with Crippen molar-refractivity contribution in [3.05, 3.63) is 42.1 Å². The van der Waals surface area contributed by atoms with Crippen molar-refractivity contribution in [1.29, 1.82) is 0 Å². The maximum atomic E-state index is 13.0. The van der Waals surface area contributed by atoms with Crippen molar-refractivity contribution in [2.45, 2.75) is 70.4 Å². The second-order valence-electron chi connectivity index (χ2n) is 10.0. The normalized spacial score (nSPS) is 19.2. The van der Waals surface area contributed by atoms with Crippen molar-refractivity contribution in [2.75, 3.05) is 25.0 Å². The van der Waals surface area contributed by atoms with Crippen LogP contribution in [0.5, 0.6) is 0 Å². The summed E-state index contributed by atoms with van der Waals surface area (Å²) >= 11 is 0. The molecule has 0 radical (unpaired) electrons. The van der Waals surface area contributed by atoms with Gasteiger partial charge in [-0.1, -0.05) is 24.6 Å². The minimum Gasteiger partial charge on any atom is -0.444 e. The second-order valence-corrected chi connectivity index (χ2v) is 10.0. The first kappa shape index (κ1) is 23.3. The molecule has 1 unspecified atom stereocenters. The van der Waals surface area contributed by atoms with E-state index in [1.807, 2.05) is 61.9 Å². The zero-order chi connectivity index (χ0) is 23.4. The fraction of sp³-hybridized carbons (Fsp3) is 0.560. The molecule has 8 nitrogen and oxygen atoms in total. The summed E-state index contributed by atoms with van der Waals surface area (Å²) in [6.45, 7) is 7.12. The first-order valence-electron chi connectivity index (χ1n) is 11.9. The van der Waals surface area contributed by atoms with Gasteiger partial charge in [-0.05, 0) is 65.1 Å². The number of ether oxygens (including phenoxy) is 1. The third-order valence-corrected chi connectivity index (χ3v) is 5.97. The lowest BCUT2D eigenvalue weighted by molar-refractivity contribution is -0.118. The number of aromatic nitrogens is 2. The number of nitrogens with zero attached hydrogens (tertiary/aromatic N) is 3. The first-order valence-corrected chi connectivity index (χ1v) is 11.9. The Morgan fingerprint density at radius 2 is 1.88 bits per heavy atom. The Kier molecular flexibility index (Phi) is 7.02. The minimum atomic E-state index is -0.531. The fourth-order valence-electron chi connectivity index (χ4n) is 4.21. The molecule has 33 heavy (non-hydrogen) atoms. The highest BCUT2D eigenvalue weighted by atomic mass is 16.6. The van der Waals surface area contributed by atoms with Crippen molar-refractivity contribution >= 4 is 17.8 Å². The summed E-state index contributed by atoms with van der Waals surface area (Å²) in [6.07, 6.45) is 4.96. The summed E-state index contributed by atoms with van der Waals surface area (Å²) in [5.74, 6) is 1.13. The zero-order valence-corrected chi connectivity index (χ0v) is 19.8. The predicted molar refractivity (Wildman–Crippen MR) is 128 cm³/mol. The van der Waals surface area contributed by atoms with E-state index in [1.54, 1.807) is 0 Å². The van der Waals surface area contributed by atoms with E-state index in [0.29, 0.717) is 18.3 Å². The molecule has 178 valence electrons. The molecule has 2 fully saturated rings. The van der Waals surface area contributed by atoms with Crippen molar-refractivity contribution in [3.8, 4) is 5.69 Å². The third kappa shape index (κ3) is 6.57. The molecule has 2 aliphatic rings. The summed E-state index contributed by atoms with van der Waals surface area (Å²) in [5.41, 5.74) is 1.43. The Morgan fingerprint density at radius 1 is 1.12 bits per heavy atom. The maximum Gasteiger partial charge on any atom is 0.407 e. The van der Waals surface area contributed by atoms with Gasteiger partial charge < -0.3 is 15.4 Å². The van der Waals surface area contributed by atoms with Crippen LogP contribution in [0.1, 0.15) is 64.5 Å². The number of rotatable bonds is 7. The number of amides is 2. The van der Waals surface area contributed by atoms with Gasteiger partial charge in [0, 0.05) is 24.6 Å². The van der Waals surface area contributed by atoms with Crippen LogP contribution in [0.4, 0.5) is 10.6 Å². The highest BCUT2D eigenvalue weighted by molar-refractivity contribution is 5.91. The number of carbonyl (C=O) groups excluding carboxylic acids is 2. The van der Waals surface area contributed by atoms with E-state index in [0.717, 1.165) is 50.0 Å². The summed E-state index contributed by atoms with van der Waals surface area (Å²) in [6, 6.07) is 12.0. The van der Waals surface area contributed by atoms with Gasteiger partial charge in [-0.15, -0.1) is 0 Å². The van der Waals surface area contributed by atoms with E-state index in [1.165, 1.54) is 0 Å². The van der Waals surface area contributed by atoms with Gasteiger partial charge in [0.15, 0.2) is 0 Å². The number of anilines is 1. The van der Waals surface area contributed by atoms with E-state index >= 15 is 0 Å². The van der Waals surface area contributed by atoms with E-state index in [2.05, 4.69) is 15.5 Å². The summed E-state index contributed by atoms with van der Waals surface area (Å²) in [7, 11) is 0. The van der Waals surface area contributed by atoms with Crippen LogP contribution in [0.15, 0.2) is 36.4 Å². The van der Waals surface area contributed by atoms with Crippen LogP contribution < -0.4 is 10.6 Å². The van der Waals surface area contributed by atoms with Crippen LogP contribution in [-0.4, -0.2) is 58.0 Å². The molecule has 2 amide bonds. The van der Waals surface area contributed by atoms with Crippen LogP contribution in [0.25, 0.3) is 5.69 Å². The first-order chi connectivity index (χ1) is 15.8. The molecule has 1 saturated carbocycles. The van der Waals surface area contributed by atoms with Crippen molar-refractivity contribution in [3.63, 3.8) is 0 Å². The molecular weight excluding hydrogens is 418 g/mol. The Labute approximate surface area is 195 Å². The van der Waals surface area contributed by atoms with Gasteiger partial charge in [-0.25, -0.2) is 9.48 Å². The van der Waals surface area contributed by atoms with E-state index in [-0.39, 0.29) is 18.5 Å². The van der Waals surface area contributed by atoms with Crippen molar-refractivity contribution in [1.82, 2.24) is 20.0 Å². The quantitative estimate of drug-likeness (QED) is 0.660. The molecule has 1 saturated heterocycles. The summed E-state index contributed by atoms with van der Waals surface area (Å²) in [5, 5.41) is 10.7. The van der Waals surface area contributed by atoms with E-state index in [4.69, 9.17) is 9.84 Å². The lowest BCUT2D eigenvalue weighted by Gasteiger charge is -2.35. The number of hydrogen-bond acceptors (Lipinski definition) is 5. The number of nitrogens with one attached hydrogen (secondary N) is 2. The van der Waals surface area contributed by atoms with Gasteiger partial charge >= 0.3 is 6.09 Å². The number of hydrogen-bond donors (Lipinski definition) is 2. The number of benzene rings is 1. The Morgan fingerprint density at radius 3 is 2.58 bits per heavy atom. The van der Waals surface area contributed by atoms with Crippen molar-refractivity contribution in [2.24, 2.45) is 0 Å². The zero-order valence-electron chi connectivity index (χ0n) is 19.8. The molecule has 0 bridgehead atoms. The highest BCUT2D eigenvalue weighted by Crippen LogP contribution is 2.40. The van der Waals surface area contributed by atoms with Crippen LogP contribution >= 0.6 is 0 Å². The molecule has 1 aromatic heterocycles. The Bertz CT molecular complexity index is 962. The van der Waals surface area contributed by atoms with Gasteiger partial charge in [-0.3, -0.25) is 9.69 Å². The number of alkyl carbamates (subject to hydrolysis) is 1. The van der Waals surface area contributed by atoms with Crippen LogP contribution in [0.2, 0.25) is 0 Å². The average molecular weight is 454 g/mol. The number of para-hydroxylation sites is 1. The minimum absolute atomic E-state index is 0.0707. The molecule has 0 spiro atoms. The smallest absolute Gasteiger partial charge is 0.407 e. The number of likely N-dealkylation sites (tertiary alicyclic amines) is 1. The van der Waals surface area contributed by atoms with Gasteiger partial charge in [0.2, 0.25) is 5.91 Å². The van der Waals surface area contributed by atoms with Crippen molar-refractivity contribution < 1.29 is 14.3 Å². The molecule has 4 rings (SSSR count). The topological polar surface area (TPSA) is 88.5 Å². The van der Waals surface area contributed by atoms with Crippen LogP contribution in [0, 0.1) is 0 Å². The molecule has 2 N–H and O–H groups in total.